The van der Waals surface area contributed by atoms with Gasteiger partial charge in [-0.25, -0.2) is 5.43 Å². The van der Waals surface area contributed by atoms with Crippen LogP contribution in [-0.4, -0.2) is 37.0 Å². The molecule has 2 aromatic heterocycles. The fourth-order valence-electron chi connectivity index (χ4n) is 3.12. The summed E-state index contributed by atoms with van der Waals surface area (Å²) in [5, 5.41) is 34.2. The largest absolute Gasteiger partial charge is 0.504 e. The van der Waals surface area contributed by atoms with Crippen LogP contribution in [0.2, 0.25) is 0 Å². The number of carbonyl (C=O) groups excluding carboxylic acids is 1. The molecule has 0 fully saturated rings. The summed E-state index contributed by atoms with van der Waals surface area (Å²) < 4.78 is 1.86. The van der Waals surface area contributed by atoms with Crippen molar-refractivity contribution < 1.29 is 20.1 Å². The Balaban J connectivity index is 1.56. The Kier molecular flexibility index (Phi) is 4.29. The molecular formula is C20H16N4O4. The highest BCUT2D eigenvalue weighted by atomic mass is 16.3. The maximum absolute atomic E-state index is 12.4. The van der Waals surface area contributed by atoms with Gasteiger partial charge in [0.15, 0.2) is 17.2 Å². The van der Waals surface area contributed by atoms with Crippen molar-refractivity contribution in [2.45, 2.75) is 6.54 Å². The third kappa shape index (κ3) is 3.07. The molecular weight excluding hydrogens is 360 g/mol. The average molecular weight is 376 g/mol. The van der Waals surface area contributed by atoms with Gasteiger partial charge in [-0.15, -0.1) is 0 Å². The lowest BCUT2D eigenvalue weighted by Crippen LogP contribution is -2.23. The summed E-state index contributed by atoms with van der Waals surface area (Å²) in [6, 6.07) is 12.1. The molecule has 1 amide bonds. The van der Waals surface area contributed by atoms with Crippen LogP contribution in [-0.2, 0) is 11.3 Å². The minimum atomic E-state index is -0.610. The Labute approximate surface area is 159 Å². The van der Waals surface area contributed by atoms with E-state index in [1.54, 1.807) is 12.4 Å². The normalized spacial score (nSPS) is 11.4. The van der Waals surface area contributed by atoms with E-state index in [0.717, 1.165) is 21.8 Å². The van der Waals surface area contributed by atoms with Crippen molar-refractivity contribution in [1.82, 2.24) is 15.0 Å². The lowest BCUT2D eigenvalue weighted by Gasteiger charge is -2.06. The molecule has 0 atom stereocenters. The van der Waals surface area contributed by atoms with Crippen molar-refractivity contribution in [2.24, 2.45) is 5.10 Å². The number of benzene rings is 2. The van der Waals surface area contributed by atoms with Crippen LogP contribution in [0.5, 0.6) is 17.2 Å². The van der Waals surface area contributed by atoms with E-state index in [0.29, 0.717) is 5.56 Å². The van der Waals surface area contributed by atoms with Gasteiger partial charge in [0.25, 0.3) is 5.91 Å². The molecule has 4 rings (SSSR count). The van der Waals surface area contributed by atoms with Gasteiger partial charge in [0.2, 0.25) is 0 Å². The first-order chi connectivity index (χ1) is 13.5. The predicted octanol–water partition coefficient (Wildman–Crippen LogP) is 2.46. The zero-order valence-corrected chi connectivity index (χ0v) is 14.6. The Bertz CT molecular complexity index is 1150. The van der Waals surface area contributed by atoms with E-state index in [4.69, 9.17) is 0 Å². The Morgan fingerprint density at radius 2 is 1.79 bits per heavy atom. The number of hydrogen-bond donors (Lipinski definition) is 4. The number of hydrogen-bond acceptors (Lipinski definition) is 6. The molecule has 2 aromatic carbocycles. The number of aromatic hydroxyl groups is 3. The van der Waals surface area contributed by atoms with Gasteiger partial charge in [-0.05, 0) is 24.3 Å². The van der Waals surface area contributed by atoms with Gasteiger partial charge < -0.3 is 19.9 Å². The Morgan fingerprint density at radius 3 is 2.57 bits per heavy atom. The molecule has 140 valence electrons. The molecule has 4 aromatic rings. The quantitative estimate of drug-likeness (QED) is 0.248. The zero-order valence-electron chi connectivity index (χ0n) is 14.6. The predicted molar refractivity (Wildman–Crippen MR) is 104 cm³/mol. The monoisotopic (exact) mass is 376 g/mol. The number of nitrogens with one attached hydrogen (secondary N) is 1. The molecule has 28 heavy (non-hydrogen) atoms. The second-order valence-electron chi connectivity index (χ2n) is 6.20. The van der Waals surface area contributed by atoms with E-state index < -0.39 is 17.2 Å². The van der Waals surface area contributed by atoms with Crippen molar-refractivity contribution in [3.05, 3.63) is 60.4 Å². The SMILES string of the molecule is O=C(Cn1c2ccccc2c2ccncc21)N/N=C/c1cc(O)c(O)c(O)c1. The summed E-state index contributed by atoms with van der Waals surface area (Å²) in [5.74, 6) is -1.92. The first kappa shape index (κ1) is 17.3. The van der Waals surface area contributed by atoms with E-state index in [-0.39, 0.29) is 12.5 Å². The van der Waals surface area contributed by atoms with Crippen molar-refractivity contribution in [3.8, 4) is 17.2 Å². The number of fused-ring (bicyclic) bond motifs is 3. The van der Waals surface area contributed by atoms with Crippen LogP contribution in [0.3, 0.4) is 0 Å². The standard InChI is InChI=1S/C20H16N4O4/c25-17-7-12(8-18(26)20(17)28)9-22-23-19(27)11-24-15-4-2-1-3-13(15)14-5-6-21-10-16(14)24/h1-10,25-26,28H,11H2,(H,23,27)/b22-9+. The molecule has 0 saturated carbocycles. The van der Waals surface area contributed by atoms with Crippen molar-refractivity contribution in [2.75, 3.05) is 0 Å². The number of rotatable bonds is 4. The number of aromatic nitrogens is 2. The highest BCUT2D eigenvalue weighted by molar-refractivity contribution is 6.08. The highest BCUT2D eigenvalue weighted by Crippen LogP contribution is 2.34. The molecule has 0 saturated heterocycles. The Morgan fingerprint density at radius 1 is 1.07 bits per heavy atom. The Hall–Kier alpha value is -4.07. The number of phenols is 3. The molecule has 8 nitrogen and oxygen atoms in total. The van der Waals surface area contributed by atoms with Crippen molar-refractivity contribution >= 4 is 33.9 Å². The second kappa shape index (κ2) is 6.92. The summed E-state index contributed by atoms with van der Waals surface area (Å²) in [4.78, 5) is 16.5. The molecule has 2 heterocycles. The van der Waals surface area contributed by atoms with E-state index >= 15 is 0 Å². The molecule has 0 aliphatic rings. The minimum absolute atomic E-state index is 0.0408. The number of hydrazone groups is 1. The first-order valence-electron chi connectivity index (χ1n) is 8.42. The number of para-hydroxylation sites is 1. The number of phenolic OH excluding ortho intramolecular Hbond substituents is 3. The molecule has 0 aliphatic carbocycles. The summed E-state index contributed by atoms with van der Waals surface area (Å²) in [5.41, 5.74) is 4.49. The third-order valence-electron chi connectivity index (χ3n) is 4.37. The third-order valence-corrected chi connectivity index (χ3v) is 4.37. The van der Waals surface area contributed by atoms with Gasteiger partial charge in [-0.1, -0.05) is 18.2 Å². The van der Waals surface area contributed by atoms with Crippen LogP contribution in [0.15, 0.2) is 60.0 Å². The minimum Gasteiger partial charge on any atom is -0.504 e. The molecule has 0 radical (unpaired) electrons. The van der Waals surface area contributed by atoms with Gasteiger partial charge in [0, 0.05) is 28.0 Å². The van der Waals surface area contributed by atoms with Crippen LogP contribution < -0.4 is 5.43 Å². The van der Waals surface area contributed by atoms with Gasteiger partial charge >= 0.3 is 0 Å². The first-order valence-corrected chi connectivity index (χ1v) is 8.42. The molecule has 0 spiro atoms. The van der Waals surface area contributed by atoms with Gasteiger partial charge in [0.05, 0.1) is 17.9 Å². The summed E-state index contributed by atoms with van der Waals surface area (Å²) in [7, 11) is 0. The zero-order chi connectivity index (χ0) is 19.7. The maximum atomic E-state index is 12.4. The summed E-state index contributed by atoms with van der Waals surface area (Å²) >= 11 is 0. The smallest absolute Gasteiger partial charge is 0.260 e. The van der Waals surface area contributed by atoms with Gasteiger partial charge in [-0.2, -0.15) is 5.10 Å². The van der Waals surface area contributed by atoms with E-state index in [2.05, 4.69) is 15.5 Å². The summed E-state index contributed by atoms with van der Waals surface area (Å²) in [6.45, 7) is 0.0408. The van der Waals surface area contributed by atoms with Crippen LogP contribution in [0, 0.1) is 0 Å². The molecule has 0 bridgehead atoms. The fourth-order valence-corrected chi connectivity index (χ4v) is 3.12. The number of pyridine rings is 1. The lowest BCUT2D eigenvalue weighted by molar-refractivity contribution is -0.121. The van der Waals surface area contributed by atoms with Crippen molar-refractivity contribution in [1.29, 1.82) is 0 Å². The number of nitrogens with zero attached hydrogens (tertiary/aromatic N) is 3. The average Bonchev–Trinajstić information content (AvgIpc) is 3.00. The number of carbonyl (C=O) groups is 1. The molecule has 0 unspecified atom stereocenters. The topological polar surface area (TPSA) is 120 Å². The van der Waals surface area contributed by atoms with Crippen molar-refractivity contribution in [3.63, 3.8) is 0 Å². The van der Waals surface area contributed by atoms with Crippen LogP contribution in [0.25, 0.3) is 21.8 Å². The van der Waals surface area contributed by atoms with E-state index in [9.17, 15) is 20.1 Å². The van der Waals surface area contributed by atoms with Gasteiger partial charge in [0.1, 0.15) is 6.54 Å². The molecule has 0 aliphatic heterocycles. The fraction of sp³-hybridized carbons (Fsp3) is 0.0500. The van der Waals surface area contributed by atoms with Crippen LogP contribution in [0.1, 0.15) is 5.56 Å². The van der Waals surface area contributed by atoms with Crippen LogP contribution >= 0.6 is 0 Å². The molecule has 8 heteroatoms. The second-order valence-corrected chi connectivity index (χ2v) is 6.20. The summed E-state index contributed by atoms with van der Waals surface area (Å²) in [6.07, 6.45) is 4.68. The highest BCUT2D eigenvalue weighted by Gasteiger charge is 2.12. The van der Waals surface area contributed by atoms with Gasteiger partial charge in [-0.3, -0.25) is 9.78 Å². The van der Waals surface area contributed by atoms with E-state index in [1.807, 2.05) is 34.9 Å². The van der Waals surface area contributed by atoms with Crippen LogP contribution in [0.4, 0.5) is 0 Å². The number of amides is 1. The molecule has 4 N–H and O–H groups in total. The lowest BCUT2D eigenvalue weighted by atomic mass is 10.2. The van der Waals surface area contributed by atoms with E-state index in [1.165, 1.54) is 18.3 Å². The maximum Gasteiger partial charge on any atom is 0.260 e.